The number of benzene rings is 1. The van der Waals surface area contributed by atoms with Gasteiger partial charge in [-0.15, -0.1) is 0 Å². The van der Waals surface area contributed by atoms with Gasteiger partial charge in [0, 0.05) is 12.1 Å². The first-order chi connectivity index (χ1) is 8.72. The summed E-state index contributed by atoms with van der Waals surface area (Å²) < 4.78 is 5.36. The molecule has 0 spiro atoms. The van der Waals surface area contributed by atoms with Gasteiger partial charge in [-0.25, -0.2) is 0 Å². The van der Waals surface area contributed by atoms with E-state index in [1.165, 1.54) is 0 Å². The third-order valence-corrected chi connectivity index (χ3v) is 2.63. The standard InChI is InChI=1S/C14H15NO3/c1-2-12-7-8-13(18-12)14(17)15-11-5-3-10(9-16)4-6-11/h3-8,16H,2,9H2,1H3,(H,15,17). The highest BCUT2D eigenvalue weighted by Gasteiger charge is 2.10. The van der Waals surface area contributed by atoms with Crippen LogP contribution < -0.4 is 5.32 Å². The van der Waals surface area contributed by atoms with Gasteiger partial charge in [0.2, 0.25) is 0 Å². The molecule has 0 saturated heterocycles. The van der Waals surface area contributed by atoms with Crippen LogP contribution in [0.25, 0.3) is 0 Å². The fraction of sp³-hybridized carbons (Fsp3) is 0.214. The zero-order chi connectivity index (χ0) is 13.0. The number of aryl methyl sites for hydroxylation is 1. The van der Waals surface area contributed by atoms with E-state index in [0.717, 1.165) is 17.7 Å². The van der Waals surface area contributed by atoms with E-state index in [4.69, 9.17) is 9.52 Å². The molecule has 0 atom stereocenters. The molecule has 0 aliphatic carbocycles. The number of hydrogen-bond donors (Lipinski definition) is 2. The number of carbonyl (C=O) groups excluding carboxylic acids is 1. The minimum Gasteiger partial charge on any atom is -0.456 e. The summed E-state index contributed by atoms with van der Waals surface area (Å²) in [6, 6.07) is 10.5. The molecule has 18 heavy (non-hydrogen) atoms. The molecular formula is C14H15NO3. The van der Waals surface area contributed by atoms with E-state index in [9.17, 15) is 4.79 Å². The van der Waals surface area contributed by atoms with Crippen molar-refractivity contribution in [1.29, 1.82) is 0 Å². The van der Waals surface area contributed by atoms with Crippen molar-refractivity contribution in [3.8, 4) is 0 Å². The van der Waals surface area contributed by atoms with Gasteiger partial charge in [0.25, 0.3) is 5.91 Å². The predicted molar refractivity (Wildman–Crippen MR) is 68.4 cm³/mol. The summed E-state index contributed by atoms with van der Waals surface area (Å²) in [6.45, 7) is 1.96. The van der Waals surface area contributed by atoms with Gasteiger partial charge in [-0.1, -0.05) is 19.1 Å². The quantitative estimate of drug-likeness (QED) is 0.870. The number of furan rings is 1. The molecule has 1 amide bonds. The van der Waals surface area contributed by atoms with Crippen LogP contribution in [-0.2, 0) is 13.0 Å². The van der Waals surface area contributed by atoms with Gasteiger partial charge in [-0.2, -0.15) is 0 Å². The second kappa shape index (κ2) is 5.51. The highest BCUT2D eigenvalue weighted by Crippen LogP contribution is 2.13. The molecule has 1 aromatic carbocycles. The van der Waals surface area contributed by atoms with Gasteiger partial charge in [0.05, 0.1) is 6.61 Å². The maximum Gasteiger partial charge on any atom is 0.291 e. The van der Waals surface area contributed by atoms with Crippen molar-refractivity contribution in [2.45, 2.75) is 20.0 Å². The monoisotopic (exact) mass is 245 g/mol. The molecule has 1 aromatic heterocycles. The van der Waals surface area contributed by atoms with Crippen LogP contribution in [0.1, 0.15) is 28.8 Å². The Morgan fingerprint density at radius 1 is 1.22 bits per heavy atom. The summed E-state index contributed by atoms with van der Waals surface area (Å²) in [5, 5.41) is 11.6. The van der Waals surface area contributed by atoms with Crippen molar-refractivity contribution in [1.82, 2.24) is 0 Å². The molecule has 4 heteroatoms. The number of amides is 1. The molecule has 0 aliphatic rings. The summed E-state index contributed by atoms with van der Waals surface area (Å²) in [4.78, 5) is 11.8. The third-order valence-electron chi connectivity index (χ3n) is 2.63. The van der Waals surface area contributed by atoms with E-state index in [2.05, 4.69) is 5.32 Å². The van der Waals surface area contributed by atoms with E-state index >= 15 is 0 Å². The number of aliphatic hydroxyl groups excluding tert-OH is 1. The van der Waals surface area contributed by atoms with Crippen LogP contribution in [0.3, 0.4) is 0 Å². The highest BCUT2D eigenvalue weighted by molar-refractivity contribution is 6.02. The Morgan fingerprint density at radius 3 is 2.50 bits per heavy atom. The van der Waals surface area contributed by atoms with Crippen molar-refractivity contribution in [2.24, 2.45) is 0 Å². The lowest BCUT2D eigenvalue weighted by Gasteiger charge is -2.03. The van der Waals surface area contributed by atoms with Crippen LogP contribution in [0.15, 0.2) is 40.8 Å². The zero-order valence-electron chi connectivity index (χ0n) is 10.1. The molecule has 2 rings (SSSR count). The van der Waals surface area contributed by atoms with Crippen LogP contribution in [0.5, 0.6) is 0 Å². The fourth-order valence-corrected chi connectivity index (χ4v) is 1.58. The van der Waals surface area contributed by atoms with Crippen LogP contribution in [0, 0.1) is 0 Å². The Hall–Kier alpha value is -2.07. The van der Waals surface area contributed by atoms with Crippen LogP contribution in [0.4, 0.5) is 5.69 Å². The van der Waals surface area contributed by atoms with E-state index in [0.29, 0.717) is 11.4 Å². The first-order valence-electron chi connectivity index (χ1n) is 5.82. The number of rotatable bonds is 4. The SMILES string of the molecule is CCc1ccc(C(=O)Nc2ccc(CO)cc2)o1. The average Bonchev–Trinajstić information content (AvgIpc) is 2.88. The number of nitrogens with one attached hydrogen (secondary N) is 1. The number of hydrogen-bond acceptors (Lipinski definition) is 3. The number of carbonyl (C=O) groups is 1. The fourth-order valence-electron chi connectivity index (χ4n) is 1.58. The van der Waals surface area contributed by atoms with Crippen molar-refractivity contribution < 1.29 is 14.3 Å². The van der Waals surface area contributed by atoms with E-state index in [1.807, 2.05) is 6.92 Å². The van der Waals surface area contributed by atoms with Gasteiger partial charge >= 0.3 is 0 Å². The summed E-state index contributed by atoms with van der Waals surface area (Å²) >= 11 is 0. The largest absolute Gasteiger partial charge is 0.456 e. The normalized spacial score (nSPS) is 10.3. The van der Waals surface area contributed by atoms with Crippen LogP contribution in [-0.4, -0.2) is 11.0 Å². The molecule has 0 aliphatic heterocycles. The van der Waals surface area contributed by atoms with Crippen LogP contribution >= 0.6 is 0 Å². The summed E-state index contributed by atoms with van der Waals surface area (Å²) in [5.74, 6) is 0.820. The Labute approximate surface area is 105 Å². The van der Waals surface area contributed by atoms with Crippen molar-refractivity contribution in [2.75, 3.05) is 5.32 Å². The second-order valence-corrected chi connectivity index (χ2v) is 3.93. The van der Waals surface area contributed by atoms with E-state index in [-0.39, 0.29) is 12.5 Å². The molecule has 1 heterocycles. The van der Waals surface area contributed by atoms with Crippen molar-refractivity contribution in [3.05, 3.63) is 53.5 Å². The Kier molecular flexibility index (Phi) is 3.79. The average molecular weight is 245 g/mol. The lowest BCUT2D eigenvalue weighted by atomic mass is 10.2. The zero-order valence-corrected chi connectivity index (χ0v) is 10.1. The summed E-state index contributed by atoms with van der Waals surface area (Å²) in [7, 11) is 0. The number of anilines is 1. The summed E-state index contributed by atoms with van der Waals surface area (Å²) in [5.41, 5.74) is 1.48. The molecule has 94 valence electrons. The molecule has 0 fully saturated rings. The van der Waals surface area contributed by atoms with Gasteiger partial charge in [-0.05, 0) is 29.8 Å². The third kappa shape index (κ3) is 2.78. The van der Waals surface area contributed by atoms with Gasteiger partial charge in [0.15, 0.2) is 5.76 Å². The first kappa shape index (κ1) is 12.4. The molecule has 2 N–H and O–H groups in total. The molecular weight excluding hydrogens is 230 g/mol. The topological polar surface area (TPSA) is 62.5 Å². The highest BCUT2D eigenvalue weighted by atomic mass is 16.3. The first-order valence-corrected chi connectivity index (χ1v) is 5.82. The van der Waals surface area contributed by atoms with E-state index in [1.54, 1.807) is 36.4 Å². The Bertz CT molecular complexity index is 528. The maximum absolute atomic E-state index is 11.8. The van der Waals surface area contributed by atoms with Gasteiger partial charge in [-0.3, -0.25) is 4.79 Å². The minimum absolute atomic E-state index is 0.00767. The lowest BCUT2D eigenvalue weighted by molar-refractivity contribution is 0.0995. The number of aliphatic hydroxyl groups is 1. The molecule has 0 radical (unpaired) electrons. The molecule has 4 nitrogen and oxygen atoms in total. The molecule has 0 unspecified atom stereocenters. The molecule has 0 bridgehead atoms. The van der Waals surface area contributed by atoms with Crippen molar-refractivity contribution >= 4 is 11.6 Å². The minimum atomic E-state index is -0.272. The molecule has 0 saturated carbocycles. The molecule has 2 aromatic rings. The Morgan fingerprint density at radius 2 is 1.94 bits per heavy atom. The lowest BCUT2D eigenvalue weighted by Crippen LogP contribution is -2.10. The smallest absolute Gasteiger partial charge is 0.291 e. The maximum atomic E-state index is 11.8. The van der Waals surface area contributed by atoms with E-state index < -0.39 is 0 Å². The van der Waals surface area contributed by atoms with Crippen LogP contribution in [0.2, 0.25) is 0 Å². The second-order valence-electron chi connectivity index (χ2n) is 3.93. The van der Waals surface area contributed by atoms with Crippen molar-refractivity contribution in [3.63, 3.8) is 0 Å². The Balaban J connectivity index is 2.06. The van der Waals surface area contributed by atoms with Gasteiger partial charge < -0.3 is 14.8 Å². The predicted octanol–water partition coefficient (Wildman–Crippen LogP) is 2.59. The van der Waals surface area contributed by atoms with Gasteiger partial charge in [0.1, 0.15) is 5.76 Å². The summed E-state index contributed by atoms with van der Waals surface area (Å²) in [6.07, 6.45) is 0.762.